The number of H-pyrrole nitrogens is 2. The van der Waals surface area contributed by atoms with Crippen LogP contribution in [0.5, 0.6) is 0 Å². The van der Waals surface area contributed by atoms with Gasteiger partial charge in [-0.25, -0.2) is 0 Å². The fourth-order valence-electron chi connectivity index (χ4n) is 7.67. The molecule has 0 atom stereocenters. The van der Waals surface area contributed by atoms with Crippen molar-refractivity contribution in [3.05, 3.63) is 146 Å². The van der Waals surface area contributed by atoms with Gasteiger partial charge in [0.05, 0.1) is 11.0 Å². The van der Waals surface area contributed by atoms with Crippen LogP contribution in [0.15, 0.2) is 146 Å². The van der Waals surface area contributed by atoms with Gasteiger partial charge in [0.2, 0.25) is 0 Å². The Morgan fingerprint density at radius 1 is 0.295 bits per heavy atom. The second kappa shape index (κ2) is 8.82. The van der Waals surface area contributed by atoms with E-state index in [1.807, 2.05) is 0 Å². The molecule has 204 valence electrons. The van der Waals surface area contributed by atoms with E-state index in [0.717, 1.165) is 11.0 Å². The van der Waals surface area contributed by atoms with Crippen molar-refractivity contribution in [2.45, 2.75) is 0 Å². The molecule has 0 aliphatic heterocycles. The lowest BCUT2D eigenvalue weighted by Gasteiger charge is -2.19. The molecule has 0 spiro atoms. The monoisotopic (exact) mass is 558 g/mol. The molecular weight excluding hydrogens is 532 g/mol. The zero-order valence-electron chi connectivity index (χ0n) is 23.9. The topological polar surface area (TPSA) is 31.6 Å². The Bertz CT molecular complexity index is 2620. The van der Waals surface area contributed by atoms with Crippen molar-refractivity contribution in [2.24, 2.45) is 0 Å². The molecule has 2 nitrogen and oxygen atoms in total. The van der Waals surface area contributed by atoms with E-state index in [0.29, 0.717) is 0 Å². The summed E-state index contributed by atoms with van der Waals surface area (Å²) in [5, 5.41) is 12.5. The van der Waals surface area contributed by atoms with Crippen LogP contribution in [0, 0.1) is 0 Å². The zero-order chi connectivity index (χ0) is 28.8. The number of fused-ring (bicyclic) bond motifs is 9. The van der Waals surface area contributed by atoms with Gasteiger partial charge in [0.15, 0.2) is 0 Å². The summed E-state index contributed by atoms with van der Waals surface area (Å²) in [7, 11) is 0. The Labute approximate surface area is 253 Å². The summed E-state index contributed by atoms with van der Waals surface area (Å²) in [5.74, 6) is 0. The predicted octanol–water partition coefficient (Wildman–Crippen LogP) is 11.7. The fourth-order valence-corrected chi connectivity index (χ4v) is 7.67. The van der Waals surface area contributed by atoms with Crippen molar-refractivity contribution < 1.29 is 0 Å². The van der Waals surface area contributed by atoms with Crippen molar-refractivity contribution in [2.75, 3.05) is 0 Å². The van der Waals surface area contributed by atoms with Crippen LogP contribution in [0.3, 0.4) is 0 Å². The molecule has 2 heterocycles. The number of hydrogen-bond donors (Lipinski definition) is 2. The first-order valence-electron chi connectivity index (χ1n) is 15.2. The predicted molar refractivity (Wildman–Crippen MR) is 189 cm³/mol. The van der Waals surface area contributed by atoms with Gasteiger partial charge < -0.3 is 9.97 Å². The average Bonchev–Trinajstić information content (AvgIpc) is 3.64. The van der Waals surface area contributed by atoms with Crippen LogP contribution in [0.2, 0.25) is 0 Å². The third kappa shape index (κ3) is 3.14. The summed E-state index contributed by atoms with van der Waals surface area (Å²) in [6, 6.07) is 53.1. The molecule has 0 bridgehead atoms. The summed E-state index contributed by atoms with van der Waals surface area (Å²) in [6.07, 6.45) is 0. The Hall–Kier alpha value is -5.86. The minimum Gasteiger partial charge on any atom is -0.354 e. The maximum absolute atomic E-state index is 3.86. The van der Waals surface area contributed by atoms with E-state index in [9.17, 15) is 0 Å². The van der Waals surface area contributed by atoms with Crippen LogP contribution in [0.25, 0.3) is 98.2 Å². The molecule has 0 aliphatic carbocycles. The molecule has 2 N–H and O–H groups in total. The van der Waals surface area contributed by atoms with E-state index in [1.54, 1.807) is 0 Å². The van der Waals surface area contributed by atoms with E-state index >= 15 is 0 Å². The first-order chi connectivity index (χ1) is 21.8. The first kappa shape index (κ1) is 23.7. The molecule has 0 saturated heterocycles. The van der Waals surface area contributed by atoms with Gasteiger partial charge in [0.25, 0.3) is 0 Å². The number of nitrogens with one attached hydrogen (secondary N) is 2. The van der Waals surface area contributed by atoms with Gasteiger partial charge in [-0.2, -0.15) is 0 Å². The second-order valence-corrected chi connectivity index (χ2v) is 11.8. The van der Waals surface area contributed by atoms with E-state index in [4.69, 9.17) is 0 Å². The van der Waals surface area contributed by atoms with E-state index < -0.39 is 0 Å². The van der Waals surface area contributed by atoms with E-state index in [1.165, 1.54) is 87.1 Å². The number of rotatable bonds is 2. The molecule has 44 heavy (non-hydrogen) atoms. The molecule has 0 amide bonds. The average molecular weight is 559 g/mol. The van der Waals surface area contributed by atoms with Crippen molar-refractivity contribution in [1.29, 1.82) is 0 Å². The molecule has 2 heteroatoms. The number of aromatic amines is 2. The molecule has 8 aromatic carbocycles. The summed E-state index contributed by atoms with van der Waals surface area (Å²) in [5.41, 5.74) is 9.67. The SMILES string of the molecule is c1ccc2c(-c3c4ccccc4c(-c4c5[nH]c6ccccc6c5cc5c4[nH]c4ccccc45)c4ccccc34)cccc2c1. The Kier molecular flexibility index (Phi) is 4.75. The lowest BCUT2D eigenvalue weighted by molar-refractivity contribution is 1.52. The van der Waals surface area contributed by atoms with Crippen LogP contribution in [0.4, 0.5) is 0 Å². The fraction of sp³-hybridized carbons (Fsp3) is 0. The Morgan fingerprint density at radius 2 is 0.727 bits per heavy atom. The smallest absolute Gasteiger partial charge is 0.0566 e. The number of para-hydroxylation sites is 2. The summed E-state index contributed by atoms with van der Waals surface area (Å²) in [6.45, 7) is 0. The zero-order valence-corrected chi connectivity index (χ0v) is 23.9. The lowest BCUT2D eigenvalue weighted by Crippen LogP contribution is -1.93. The van der Waals surface area contributed by atoms with Gasteiger partial charge in [-0.05, 0) is 61.6 Å². The second-order valence-electron chi connectivity index (χ2n) is 11.8. The third-order valence-electron chi connectivity index (χ3n) is 9.52. The number of benzene rings is 8. The van der Waals surface area contributed by atoms with Crippen molar-refractivity contribution >= 4 is 75.9 Å². The van der Waals surface area contributed by atoms with E-state index in [2.05, 4.69) is 156 Å². The van der Waals surface area contributed by atoms with Crippen LogP contribution < -0.4 is 0 Å². The molecule has 10 aromatic rings. The van der Waals surface area contributed by atoms with Crippen molar-refractivity contribution in [3.8, 4) is 22.3 Å². The molecule has 2 aromatic heterocycles. The highest BCUT2D eigenvalue weighted by Crippen LogP contribution is 2.49. The first-order valence-corrected chi connectivity index (χ1v) is 15.2. The minimum absolute atomic E-state index is 1.15. The normalized spacial score (nSPS) is 12.1. The molecule has 0 aliphatic rings. The minimum atomic E-state index is 1.15. The summed E-state index contributed by atoms with van der Waals surface area (Å²) < 4.78 is 0. The van der Waals surface area contributed by atoms with Crippen LogP contribution in [-0.2, 0) is 0 Å². The maximum atomic E-state index is 3.86. The van der Waals surface area contributed by atoms with E-state index in [-0.39, 0.29) is 0 Å². The highest BCUT2D eigenvalue weighted by atomic mass is 14.7. The van der Waals surface area contributed by atoms with Gasteiger partial charge in [-0.15, -0.1) is 0 Å². The number of aromatic nitrogens is 2. The van der Waals surface area contributed by atoms with Crippen LogP contribution in [0.1, 0.15) is 0 Å². The number of hydrogen-bond acceptors (Lipinski definition) is 0. The van der Waals surface area contributed by atoms with Crippen molar-refractivity contribution in [1.82, 2.24) is 9.97 Å². The standard InChI is InChI=1S/C42H26N2/c1-2-14-26-25(12-1)13-11-21-29(26)38-30-17-3-5-19-32(30)39(33-20-6-4-18-31(33)38)40-41-34(27-15-7-9-22-36(27)43-41)24-35-28-16-8-10-23-37(28)44-42(35)40/h1-24,43-44H. The maximum Gasteiger partial charge on any atom is 0.0566 e. The van der Waals surface area contributed by atoms with Crippen LogP contribution in [-0.4, -0.2) is 9.97 Å². The van der Waals surface area contributed by atoms with Gasteiger partial charge in [-0.1, -0.05) is 127 Å². The third-order valence-corrected chi connectivity index (χ3v) is 9.52. The largest absolute Gasteiger partial charge is 0.354 e. The molecule has 10 rings (SSSR count). The Morgan fingerprint density at radius 3 is 1.30 bits per heavy atom. The van der Waals surface area contributed by atoms with Gasteiger partial charge in [0.1, 0.15) is 0 Å². The van der Waals surface area contributed by atoms with Crippen LogP contribution >= 0.6 is 0 Å². The molecule has 0 fully saturated rings. The van der Waals surface area contributed by atoms with Gasteiger partial charge in [0, 0.05) is 43.7 Å². The van der Waals surface area contributed by atoms with Gasteiger partial charge in [-0.3, -0.25) is 0 Å². The molecule has 0 saturated carbocycles. The lowest BCUT2D eigenvalue weighted by atomic mass is 9.84. The van der Waals surface area contributed by atoms with Gasteiger partial charge >= 0.3 is 0 Å². The highest BCUT2D eigenvalue weighted by molar-refractivity contribution is 6.31. The molecular formula is C42H26N2. The summed E-state index contributed by atoms with van der Waals surface area (Å²) in [4.78, 5) is 7.72. The van der Waals surface area contributed by atoms with Crippen molar-refractivity contribution in [3.63, 3.8) is 0 Å². The molecule has 0 unspecified atom stereocenters. The highest BCUT2D eigenvalue weighted by Gasteiger charge is 2.23. The molecule has 0 radical (unpaired) electrons. The summed E-state index contributed by atoms with van der Waals surface area (Å²) >= 11 is 0. The quantitative estimate of drug-likeness (QED) is 0.198. The Balaban J connectivity index is 1.46.